The molecule has 0 amide bonds. The molecule has 2 aromatic rings. The van der Waals surface area contributed by atoms with Crippen LogP contribution in [0, 0.1) is 0 Å². The lowest BCUT2D eigenvalue weighted by atomic mass is 9.94. The van der Waals surface area contributed by atoms with Crippen molar-refractivity contribution in [2.24, 2.45) is 0 Å². The Kier molecular flexibility index (Phi) is 4.73. The van der Waals surface area contributed by atoms with Crippen LogP contribution in [0.2, 0.25) is 0 Å². The van der Waals surface area contributed by atoms with Crippen molar-refractivity contribution in [1.82, 2.24) is 0 Å². The molecular weight excluding hydrogens is 280 g/mol. The highest BCUT2D eigenvalue weighted by atomic mass is 16.5. The van der Waals surface area contributed by atoms with Crippen LogP contribution in [0.5, 0.6) is 5.75 Å². The number of rotatable bonds is 4. The molecule has 2 aromatic carbocycles. The van der Waals surface area contributed by atoms with Crippen LogP contribution in [-0.2, 0) is 4.74 Å². The Morgan fingerprint density at radius 2 is 1.64 bits per heavy atom. The Hall–Kier alpha value is -2.88. The zero-order chi connectivity index (χ0) is 16.1. The molecule has 0 fully saturated rings. The fraction of sp³-hybridized carbons (Fsp3) is 0.111. The normalized spacial score (nSPS) is 10.6. The van der Waals surface area contributed by atoms with Crippen molar-refractivity contribution in [3.63, 3.8) is 0 Å². The standard InChI is InChI=1S/C18H16O4/c1-3-7-12-13(10-6-11-16(12)19)17(20)14-8-4-5-9-15(14)18(21)22-2/h3-11,19H,1-2H3. The Morgan fingerprint density at radius 3 is 2.27 bits per heavy atom. The molecule has 4 nitrogen and oxygen atoms in total. The number of aromatic hydroxyl groups is 1. The summed E-state index contributed by atoms with van der Waals surface area (Å²) in [7, 11) is 1.27. The van der Waals surface area contributed by atoms with Gasteiger partial charge >= 0.3 is 5.97 Å². The number of ether oxygens (including phenoxy) is 1. The molecule has 0 aliphatic rings. The van der Waals surface area contributed by atoms with Gasteiger partial charge in [0.25, 0.3) is 0 Å². The van der Waals surface area contributed by atoms with Gasteiger partial charge in [-0.3, -0.25) is 4.79 Å². The number of carbonyl (C=O) groups excluding carboxylic acids is 2. The minimum Gasteiger partial charge on any atom is -0.507 e. The summed E-state index contributed by atoms with van der Waals surface area (Å²) in [5, 5.41) is 9.95. The van der Waals surface area contributed by atoms with Crippen LogP contribution < -0.4 is 0 Å². The monoisotopic (exact) mass is 296 g/mol. The van der Waals surface area contributed by atoms with Crippen molar-refractivity contribution >= 4 is 17.8 Å². The molecular formula is C18H16O4. The van der Waals surface area contributed by atoms with E-state index in [1.807, 2.05) is 0 Å². The molecule has 0 aliphatic heterocycles. The predicted molar refractivity (Wildman–Crippen MR) is 84.0 cm³/mol. The van der Waals surface area contributed by atoms with E-state index >= 15 is 0 Å². The molecule has 112 valence electrons. The zero-order valence-electron chi connectivity index (χ0n) is 12.4. The predicted octanol–water partition coefficient (Wildman–Crippen LogP) is 3.44. The number of phenolic OH excluding ortho intramolecular Hbond substituents is 1. The molecule has 0 spiro atoms. The third-order valence-electron chi connectivity index (χ3n) is 3.24. The summed E-state index contributed by atoms with van der Waals surface area (Å²) < 4.78 is 4.71. The maximum Gasteiger partial charge on any atom is 0.338 e. The second-order valence-electron chi connectivity index (χ2n) is 4.60. The van der Waals surface area contributed by atoms with E-state index in [0.29, 0.717) is 11.1 Å². The SMILES string of the molecule is CC=Cc1c(O)cccc1C(=O)c1ccccc1C(=O)OC. The minimum absolute atomic E-state index is 0.0134. The number of phenols is 1. The fourth-order valence-electron chi connectivity index (χ4n) is 2.21. The molecule has 0 aliphatic carbocycles. The Bertz CT molecular complexity index is 745. The van der Waals surface area contributed by atoms with Crippen LogP contribution in [0.1, 0.15) is 38.8 Å². The Morgan fingerprint density at radius 1 is 1.00 bits per heavy atom. The van der Waals surface area contributed by atoms with Crippen molar-refractivity contribution in [3.8, 4) is 5.75 Å². The topological polar surface area (TPSA) is 63.6 Å². The van der Waals surface area contributed by atoms with Crippen LogP contribution >= 0.6 is 0 Å². The van der Waals surface area contributed by atoms with Gasteiger partial charge in [0.15, 0.2) is 5.78 Å². The zero-order valence-corrected chi connectivity index (χ0v) is 12.4. The van der Waals surface area contributed by atoms with Gasteiger partial charge in [0.1, 0.15) is 5.75 Å². The van der Waals surface area contributed by atoms with E-state index in [9.17, 15) is 14.7 Å². The lowest BCUT2D eigenvalue weighted by Gasteiger charge is -2.10. The average Bonchev–Trinajstić information content (AvgIpc) is 2.55. The van der Waals surface area contributed by atoms with Gasteiger partial charge in [-0.15, -0.1) is 0 Å². The summed E-state index contributed by atoms with van der Waals surface area (Å²) >= 11 is 0. The second-order valence-corrected chi connectivity index (χ2v) is 4.60. The first-order chi connectivity index (χ1) is 10.6. The Balaban J connectivity index is 2.59. The van der Waals surface area contributed by atoms with Gasteiger partial charge in [0.05, 0.1) is 12.7 Å². The first-order valence-electron chi connectivity index (χ1n) is 6.76. The first-order valence-corrected chi connectivity index (χ1v) is 6.76. The highest BCUT2D eigenvalue weighted by Crippen LogP contribution is 2.26. The van der Waals surface area contributed by atoms with Crippen molar-refractivity contribution < 1.29 is 19.4 Å². The van der Waals surface area contributed by atoms with Crippen molar-refractivity contribution in [2.75, 3.05) is 7.11 Å². The fourth-order valence-corrected chi connectivity index (χ4v) is 2.21. The average molecular weight is 296 g/mol. The number of benzene rings is 2. The molecule has 4 heteroatoms. The third-order valence-corrected chi connectivity index (χ3v) is 3.24. The quantitative estimate of drug-likeness (QED) is 0.693. The number of hydrogen-bond acceptors (Lipinski definition) is 4. The van der Waals surface area contributed by atoms with Gasteiger partial charge in [-0.2, -0.15) is 0 Å². The van der Waals surface area contributed by atoms with Crippen LogP contribution in [0.4, 0.5) is 0 Å². The highest BCUT2D eigenvalue weighted by Gasteiger charge is 2.20. The lowest BCUT2D eigenvalue weighted by Crippen LogP contribution is -2.12. The van der Waals surface area contributed by atoms with Crippen molar-refractivity contribution in [1.29, 1.82) is 0 Å². The highest BCUT2D eigenvalue weighted by molar-refractivity contribution is 6.16. The summed E-state index contributed by atoms with van der Waals surface area (Å²) in [6.45, 7) is 1.79. The largest absolute Gasteiger partial charge is 0.507 e. The molecule has 0 saturated heterocycles. The molecule has 0 saturated carbocycles. The van der Waals surface area contributed by atoms with E-state index in [1.54, 1.807) is 49.4 Å². The molecule has 1 N–H and O–H groups in total. The maximum atomic E-state index is 12.8. The van der Waals surface area contributed by atoms with Gasteiger partial charge in [0, 0.05) is 16.7 Å². The van der Waals surface area contributed by atoms with Crippen molar-refractivity contribution in [2.45, 2.75) is 6.92 Å². The number of methoxy groups -OCH3 is 1. The number of allylic oxidation sites excluding steroid dienone is 1. The molecule has 22 heavy (non-hydrogen) atoms. The summed E-state index contributed by atoms with van der Waals surface area (Å²) in [4.78, 5) is 24.6. The molecule has 0 aromatic heterocycles. The van der Waals surface area contributed by atoms with E-state index in [1.165, 1.54) is 19.2 Å². The van der Waals surface area contributed by atoms with Gasteiger partial charge < -0.3 is 9.84 Å². The van der Waals surface area contributed by atoms with E-state index in [-0.39, 0.29) is 22.7 Å². The molecule has 0 radical (unpaired) electrons. The van der Waals surface area contributed by atoms with Crippen LogP contribution in [0.15, 0.2) is 48.5 Å². The van der Waals surface area contributed by atoms with Crippen LogP contribution in [0.25, 0.3) is 6.08 Å². The second kappa shape index (κ2) is 6.72. The van der Waals surface area contributed by atoms with Gasteiger partial charge in [-0.05, 0) is 19.1 Å². The van der Waals surface area contributed by atoms with Gasteiger partial charge in [0.2, 0.25) is 0 Å². The molecule has 0 unspecified atom stereocenters. The number of hydrogen-bond donors (Lipinski definition) is 1. The van der Waals surface area contributed by atoms with Gasteiger partial charge in [-0.25, -0.2) is 4.79 Å². The van der Waals surface area contributed by atoms with Crippen molar-refractivity contribution in [3.05, 3.63) is 70.8 Å². The van der Waals surface area contributed by atoms with E-state index < -0.39 is 5.97 Å². The summed E-state index contributed by atoms with van der Waals surface area (Å²) in [5.41, 5.74) is 1.19. The van der Waals surface area contributed by atoms with Crippen LogP contribution in [0.3, 0.4) is 0 Å². The molecule has 0 atom stereocenters. The minimum atomic E-state index is -0.573. The van der Waals surface area contributed by atoms with Gasteiger partial charge in [-0.1, -0.05) is 42.5 Å². The lowest BCUT2D eigenvalue weighted by molar-refractivity contribution is 0.0597. The third kappa shape index (κ3) is 2.91. The molecule has 2 rings (SSSR count). The maximum absolute atomic E-state index is 12.8. The first kappa shape index (κ1) is 15.5. The summed E-state index contributed by atoms with van der Waals surface area (Å²) in [5.74, 6) is -0.902. The Labute approximate surface area is 128 Å². The number of esters is 1. The number of carbonyl (C=O) groups is 2. The van der Waals surface area contributed by atoms with Crippen LogP contribution in [-0.4, -0.2) is 24.0 Å². The smallest absolute Gasteiger partial charge is 0.338 e. The molecule has 0 heterocycles. The van der Waals surface area contributed by atoms with E-state index in [2.05, 4.69) is 0 Å². The summed E-state index contributed by atoms with van der Waals surface area (Å²) in [6.07, 6.45) is 3.39. The molecule has 0 bridgehead atoms. The summed E-state index contributed by atoms with van der Waals surface area (Å²) in [6, 6.07) is 11.2. The van der Waals surface area contributed by atoms with E-state index in [0.717, 1.165) is 0 Å². The number of ketones is 1. The van der Waals surface area contributed by atoms with E-state index in [4.69, 9.17) is 4.74 Å².